The van der Waals surface area contributed by atoms with Crippen LogP contribution in [0.1, 0.15) is 124 Å². The van der Waals surface area contributed by atoms with Crippen molar-refractivity contribution in [1.82, 2.24) is 31.2 Å². The molecule has 1 aliphatic carbocycles. The van der Waals surface area contributed by atoms with E-state index >= 15 is 4.39 Å². The maximum atomic E-state index is 16.3. The van der Waals surface area contributed by atoms with Crippen molar-refractivity contribution in [3.8, 4) is 10.4 Å². The molecule has 5 aromatic rings. The molecule has 2 spiro atoms. The molecular formula is C60H69Cl2FN8O8S. The molecular weight excluding hydrogens is 1080 g/mol. The number of aryl methyl sites for hydroxylation is 1. The van der Waals surface area contributed by atoms with Gasteiger partial charge in [-0.1, -0.05) is 106 Å². The number of hydrogen-bond donors (Lipinski definition) is 6. The summed E-state index contributed by atoms with van der Waals surface area (Å²) in [6, 6.07) is 21.4. The molecule has 6 atom stereocenters. The first-order valence-corrected chi connectivity index (χ1v) is 29.0. The third-order valence-corrected chi connectivity index (χ3v) is 17.6. The van der Waals surface area contributed by atoms with Crippen molar-refractivity contribution in [2.24, 2.45) is 5.41 Å². The van der Waals surface area contributed by atoms with E-state index in [4.69, 9.17) is 32.7 Å². The van der Waals surface area contributed by atoms with Gasteiger partial charge in [0.1, 0.15) is 23.3 Å². The fourth-order valence-corrected chi connectivity index (χ4v) is 13.4. The number of hydrogen-bond acceptors (Lipinski definition) is 11. The maximum Gasteiger partial charge on any atom is 0.251 e. The van der Waals surface area contributed by atoms with Gasteiger partial charge in [-0.05, 0) is 110 Å². The highest BCUT2D eigenvalue weighted by Gasteiger charge is 2.72. The van der Waals surface area contributed by atoms with Gasteiger partial charge < -0.3 is 41.0 Å². The zero-order valence-electron chi connectivity index (χ0n) is 45.6. The van der Waals surface area contributed by atoms with Crippen molar-refractivity contribution >= 4 is 81.4 Å². The second-order valence-corrected chi connectivity index (χ2v) is 24.0. The number of fused-ring (bicyclic) bond motifs is 3. The van der Waals surface area contributed by atoms with Crippen molar-refractivity contribution in [3.05, 3.63) is 134 Å². The highest BCUT2D eigenvalue weighted by Crippen LogP contribution is 2.63. The number of benzene rings is 4. The summed E-state index contributed by atoms with van der Waals surface area (Å²) in [5, 5.41) is 18.8. The zero-order chi connectivity index (χ0) is 56.9. The normalized spacial score (nSPS) is 21.0. The Kier molecular flexibility index (Phi) is 18.1. The van der Waals surface area contributed by atoms with Crippen LogP contribution in [-0.2, 0) is 38.9 Å². The lowest BCUT2D eigenvalue weighted by atomic mass is 9.55. The van der Waals surface area contributed by atoms with Gasteiger partial charge in [-0.25, -0.2) is 9.37 Å². The average Bonchev–Trinajstić information content (AvgIpc) is 3.20. The molecule has 0 radical (unpaired) electrons. The van der Waals surface area contributed by atoms with E-state index in [2.05, 4.69) is 36.9 Å². The smallest absolute Gasteiger partial charge is 0.251 e. The number of aromatic nitrogens is 1. The number of carbonyl (C=O) groups is 6. The topological polar surface area (TPSA) is 209 Å². The number of ether oxygens (including phenoxy) is 2. The summed E-state index contributed by atoms with van der Waals surface area (Å²) in [4.78, 5) is 90.3. The molecule has 9 rings (SSSR count). The van der Waals surface area contributed by atoms with Crippen LogP contribution in [0.5, 0.6) is 0 Å². The summed E-state index contributed by atoms with van der Waals surface area (Å²) in [6.07, 6.45) is 4.93. The number of likely N-dealkylation sites (tertiary alicyclic amines) is 1. The Bertz CT molecular complexity index is 3110. The Morgan fingerprint density at radius 2 is 1.61 bits per heavy atom. The second kappa shape index (κ2) is 24.8. The minimum Gasteiger partial charge on any atom is -0.379 e. The van der Waals surface area contributed by atoms with Crippen LogP contribution < -0.4 is 31.9 Å². The van der Waals surface area contributed by atoms with E-state index in [1.165, 1.54) is 6.07 Å². The number of halogens is 3. The minimum absolute atomic E-state index is 0.00730. The highest BCUT2D eigenvalue weighted by atomic mass is 35.5. The van der Waals surface area contributed by atoms with Crippen molar-refractivity contribution in [2.45, 2.75) is 127 Å². The number of anilines is 2. The van der Waals surface area contributed by atoms with Gasteiger partial charge in [-0.15, -0.1) is 11.3 Å². The van der Waals surface area contributed by atoms with E-state index in [0.29, 0.717) is 59.8 Å². The number of nitrogens with one attached hydrogen (secondary N) is 6. The van der Waals surface area contributed by atoms with E-state index in [0.717, 1.165) is 41.0 Å². The summed E-state index contributed by atoms with van der Waals surface area (Å²) in [7, 11) is 0. The lowest BCUT2D eigenvalue weighted by Gasteiger charge is -2.47. The molecule has 424 valence electrons. The van der Waals surface area contributed by atoms with Gasteiger partial charge in [-0.3, -0.25) is 34.1 Å². The number of nitrogens with zero attached hydrogens (tertiary/aromatic N) is 2. The van der Waals surface area contributed by atoms with Gasteiger partial charge in [0, 0.05) is 52.9 Å². The van der Waals surface area contributed by atoms with Crippen LogP contribution in [0.15, 0.2) is 90.4 Å². The first-order valence-electron chi connectivity index (χ1n) is 27.4. The van der Waals surface area contributed by atoms with Gasteiger partial charge in [0.2, 0.25) is 29.5 Å². The number of rotatable bonds is 19. The minimum atomic E-state index is -1.38. The van der Waals surface area contributed by atoms with Crippen molar-refractivity contribution in [1.29, 1.82) is 0 Å². The fourth-order valence-electron chi connectivity index (χ4n) is 12.2. The van der Waals surface area contributed by atoms with Crippen LogP contribution in [0.2, 0.25) is 10.0 Å². The largest absolute Gasteiger partial charge is 0.379 e. The van der Waals surface area contributed by atoms with E-state index < -0.39 is 52.1 Å². The predicted molar refractivity (Wildman–Crippen MR) is 307 cm³/mol. The van der Waals surface area contributed by atoms with Crippen LogP contribution in [-0.4, -0.2) is 109 Å². The lowest BCUT2D eigenvalue weighted by Crippen LogP contribution is -2.60. The quantitative estimate of drug-likeness (QED) is 0.0432. The fraction of sp³-hybridized carbons (Fsp3) is 0.450. The molecule has 1 saturated carbocycles. The zero-order valence-corrected chi connectivity index (χ0v) is 48.0. The molecule has 0 unspecified atom stereocenters. The first-order chi connectivity index (χ1) is 38.3. The standard InChI is InChI=1S/C60H69Cl2FN8O8S/c1-35(37-14-16-38(17-15-37)51-36(2)65-34-80-51)66-54(74)46-13-10-28-71(46)56(76)52(58(3,4)5)69-47(72)24-29-78-31-32-79-30-27-64-53(73)39-18-21-41(22-19-39)67-55(75)50-48(42-11-9-12-44(62)49(42)63)60(59(70-50)25-7-6-8-26-59)43-23-20-40(61)33-45(43)68-57(60)77/h9,11-12,14-23,33-35,46,48,50,52,70H,6-8,10,13,24-32H2,1-5H3,(H,64,73)(H,66,74)(H,67,75)(H,68,77)(H,69,72)/t35-,46-,48-,50+,52+,60+/m0/s1. The summed E-state index contributed by atoms with van der Waals surface area (Å²) in [5.41, 5.74) is 3.96. The molecule has 6 amide bonds. The van der Waals surface area contributed by atoms with Gasteiger partial charge in [-0.2, -0.15) is 0 Å². The van der Waals surface area contributed by atoms with Gasteiger partial charge in [0.05, 0.1) is 59.6 Å². The molecule has 3 aliphatic heterocycles. The van der Waals surface area contributed by atoms with Gasteiger partial charge >= 0.3 is 0 Å². The Morgan fingerprint density at radius 3 is 2.31 bits per heavy atom. The van der Waals surface area contributed by atoms with E-state index in [-0.39, 0.29) is 85.6 Å². The third-order valence-electron chi connectivity index (χ3n) is 16.1. The Morgan fingerprint density at radius 1 is 0.887 bits per heavy atom. The molecule has 1 aromatic heterocycles. The van der Waals surface area contributed by atoms with Gasteiger partial charge in [0.15, 0.2) is 0 Å². The summed E-state index contributed by atoms with van der Waals surface area (Å²) in [5.74, 6) is -3.75. The Labute approximate surface area is 480 Å². The van der Waals surface area contributed by atoms with Crippen LogP contribution in [0.3, 0.4) is 0 Å². The molecule has 4 heterocycles. The van der Waals surface area contributed by atoms with E-state index in [1.807, 2.05) is 64.4 Å². The molecule has 4 aromatic carbocycles. The van der Waals surface area contributed by atoms with Crippen molar-refractivity contribution in [3.63, 3.8) is 0 Å². The monoisotopic (exact) mass is 1150 g/mol. The predicted octanol–water partition coefficient (Wildman–Crippen LogP) is 9.40. The molecule has 3 fully saturated rings. The number of carbonyl (C=O) groups excluding carboxylic acids is 6. The average molecular weight is 1150 g/mol. The Balaban J connectivity index is 0.711. The number of amides is 6. The van der Waals surface area contributed by atoms with Crippen molar-refractivity contribution in [2.75, 3.05) is 50.2 Å². The molecule has 80 heavy (non-hydrogen) atoms. The summed E-state index contributed by atoms with van der Waals surface area (Å²) in [6.45, 7) is 10.8. The number of thiazole rings is 1. The molecule has 20 heteroatoms. The third kappa shape index (κ3) is 12.0. The second-order valence-electron chi connectivity index (χ2n) is 22.3. The summed E-state index contributed by atoms with van der Waals surface area (Å²) < 4.78 is 27.6. The van der Waals surface area contributed by atoms with E-state index in [1.54, 1.807) is 70.8 Å². The van der Waals surface area contributed by atoms with Crippen molar-refractivity contribution < 1.29 is 42.6 Å². The molecule has 16 nitrogen and oxygen atoms in total. The molecule has 2 saturated heterocycles. The SMILES string of the molecule is Cc1ncsc1-c1ccc([C@H](C)NC(=O)[C@@H]2CCCN2C(=O)[C@@H](NC(=O)CCOCCOCCNC(=O)c2ccc(NC(=O)[C@@H]3NC4(CCCCC4)[C@@]4(C(=O)Nc5cc(Cl)ccc54)[C@H]3c3cccc(Cl)c3F)cc2)C(C)(C)C)cc1. The van der Waals surface area contributed by atoms with Crippen LogP contribution >= 0.6 is 34.5 Å². The van der Waals surface area contributed by atoms with Gasteiger partial charge in [0.25, 0.3) is 5.91 Å². The van der Waals surface area contributed by atoms with Crippen LogP contribution in [0, 0.1) is 18.2 Å². The van der Waals surface area contributed by atoms with Crippen LogP contribution in [0.4, 0.5) is 15.8 Å². The molecule has 0 bridgehead atoms. The highest BCUT2D eigenvalue weighted by molar-refractivity contribution is 7.13. The molecule has 6 N–H and O–H groups in total. The van der Waals surface area contributed by atoms with E-state index in [9.17, 15) is 28.8 Å². The Hall–Kier alpha value is -6.28. The lowest BCUT2D eigenvalue weighted by molar-refractivity contribution is -0.144. The first kappa shape index (κ1) is 58.4. The maximum absolute atomic E-state index is 16.3. The summed E-state index contributed by atoms with van der Waals surface area (Å²) >= 11 is 14.4. The van der Waals surface area contributed by atoms with Crippen LogP contribution in [0.25, 0.3) is 10.4 Å². The molecule has 4 aliphatic rings.